The zero-order chi connectivity index (χ0) is 13.3. The topological polar surface area (TPSA) is 0 Å². The van der Waals surface area contributed by atoms with E-state index < -0.39 is 18.7 Å². The van der Waals surface area contributed by atoms with E-state index >= 15 is 0 Å². The Morgan fingerprint density at radius 2 is 1.06 bits per heavy atom. The van der Waals surface area contributed by atoms with Crippen LogP contribution < -0.4 is 0 Å². The molecule has 18 heavy (non-hydrogen) atoms. The van der Waals surface area contributed by atoms with E-state index in [4.69, 9.17) is 55.3 Å². The van der Waals surface area contributed by atoms with E-state index in [1.807, 2.05) is 12.1 Å². The summed E-state index contributed by atoms with van der Waals surface area (Å²) in [6, 6.07) is 10.6. The van der Waals surface area contributed by atoms with Gasteiger partial charge < -0.3 is 0 Å². The van der Waals surface area contributed by atoms with Crippen LogP contribution in [-0.2, 0) is 0 Å². The van der Waals surface area contributed by atoms with Gasteiger partial charge in [-0.3, -0.25) is 0 Å². The summed E-state index contributed by atoms with van der Waals surface area (Å²) in [4.78, 5) is 0. The van der Waals surface area contributed by atoms with Crippen molar-refractivity contribution in [1.29, 1.82) is 0 Å². The number of halogens is 6. The molecule has 0 atom stereocenters. The molecule has 0 bridgehead atoms. The molecule has 0 amide bonds. The molecule has 0 saturated heterocycles. The van der Waals surface area contributed by atoms with Gasteiger partial charge in [-0.15, -0.1) is 0 Å². The summed E-state index contributed by atoms with van der Waals surface area (Å²) in [5.74, 6) is 0. The van der Waals surface area contributed by atoms with Crippen molar-refractivity contribution in [3.63, 3.8) is 0 Å². The van der Waals surface area contributed by atoms with Crippen LogP contribution in [0.15, 0.2) is 36.4 Å². The van der Waals surface area contributed by atoms with Crippen molar-refractivity contribution in [2.24, 2.45) is 0 Å². The first-order valence-corrected chi connectivity index (χ1v) is 11.2. The molecule has 0 saturated carbocycles. The summed E-state index contributed by atoms with van der Waals surface area (Å²) in [6.45, 7) is 0. The summed E-state index contributed by atoms with van der Waals surface area (Å²) in [5, 5.41) is 2.33. The average molecular weight is 454 g/mol. The monoisotopic (exact) mass is 452 g/mol. The second kappa shape index (κ2) is 6.38. The minimum absolute atomic E-state index is 0.578. The van der Waals surface area contributed by atoms with E-state index in [0.717, 1.165) is 7.14 Å². The van der Waals surface area contributed by atoms with Crippen molar-refractivity contribution < 1.29 is 0 Å². The zero-order valence-corrected chi connectivity index (χ0v) is 14.7. The second-order valence-electron chi connectivity index (χ2n) is 3.35. The molecule has 6 heteroatoms. The number of hydrogen-bond acceptors (Lipinski definition) is 0. The Morgan fingerprint density at radius 3 is 1.39 bits per heavy atom. The Morgan fingerprint density at radius 1 is 0.667 bits per heavy atom. The fourth-order valence-corrected chi connectivity index (χ4v) is 8.09. The van der Waals surface area contributed by atoms with Crippen LogP contribution in [0.25, 0.3) is 0 Å². The van der Waals surface area contributed by atoms with E-state index in [9.17, 15) is 0 Å². The van der Waals surface area contributed by atoms with Gasteiger partial charge in [0.1, 0.15) is 0 Å². The maximum absolute atomic E-state index is 6.55. The molecule has 96 valence electrons. The molecule has 2 aromatic rings. The van der Waals surface area contributed by atoms with Gasteiger partial charge in [0, 0.05) is 0 Å². The maximum atomic E-state index is 6.55. The Balaban J connectivity index is 2.44. The first-order valence-electron chi connectivity index (χ1n) is 4.75. The normalized spacial score (nSPS) is 11.5. The minimum atomic E-state index is -2.14. The van der Waals surface area contributed by atoms with E-state index in [1.54, 1.807) is 24.3 Å². The molecule has 0 heterocycles. The van der Waals surface area contributed by atoms with E-state index in [0.29, 0.717) is 20.1 Å². The summed E-state index contributed by atoms with van der Waals surface area (Å²) >= 11 is 21.9. The third-order valence-electron chi connectivity index (χ3n) is 2.12. The van der Waals surface area contributed by atoms with Crippen LogP contribution in [0.4, 0.5) is 0 Å². The Labute approximate surface area is 136 Å². The van der Waals surface area contributed by atoms with E-state index in [2.05, 4.69) is 0 Å². The Bertz CT molecular complexity index is 533. The van der Waals surface area contributed by atoms with Gasteiger partial charge in [0.15, 0.2) is 0 Å². The van der Waals surface area contributed by atoms with Crippen LogP contribution >= 0.6 is 74.0 Å². The van der Waals surface area contributed by atoms with Crippen molar-refractivity contribution in [2.75, 3.05) is 0 Å². The first kappa shape index (κ1) is 15.0. The molecule has 0 aliphatic carbocycles. The van der Waals surface area contributed by atoms with Gasteiger partial charge in [-0.1, -0.05) is 0 Å². The third kappa shape index (κ3) is 3.38. The predicted octanol–water partition coefficient (Wildman–Crippen LogP) is 7.00. The van der Waals surface area contributed by atoms with Crippen LogP contribution in [-0.4, -0.2) is 0 Å². The molecule has 0 N–H and O–H groups in total. The first-order chi connectivity index (χ1) is 8.49. The zero-order valence-electron chi connectivity index (χ0n) is 8.73. The van der Waals surface area contributed by atoms with Crippen molar-refractivity contribution >= 4 is 74.0 Å². The van der Waals surface area contributed by atoms with Crippen molar-refractivity contribution in [1.82, 2.24) is 0 Å². The SMILES string of the molecule is Clc1ccc(I(Cl)c2ccc(Cl)cc2Cl)c(Cl)c1. The van der Waals surface area contributed by atoms with Crippen LogP contribution in [0.3, 0.4) is 0 Å². The van der Waals surface area contributed by atoms with Gasteiger partial charge in [-0.2, -0.15) is 0 Å². The molecule has 0 spiro atoms. The van der Waals surface area contributed by atoms with E-state index in [1.165, 1.54) is 0 Å². The van der Waals surface area contributed by atoms with Crippen molar-refractivity contribution in [2.45, 2.75) is 0 Å². The Hall–Kier alpha value is 0.620. The average Bonchev–Trinajstić information content (AvgIpc) is 2.28. The summed E-state index contributed by atoms with van der Waals surface area (Å²) in [6.07, 6.45) is 0. The fourth-order valence-electron chi connectivity index (χ4n) is 1.32. The predicted molar refractivity (Wildman–Crippen MR) is 90.2 cm³/mol. The molecular formula is C12H6Cl5I. The van der Waals surface area contributed by atoms with Gasteiger partial charge in [-0.25, -0.2) is 0 Å². The number of hydrogen-bond donors (Lipinski definition) is 0. The molecule has 2 aromatic carbocycles. The van der Waals surface area contributed by atoms with Crippen LogP contribution in [0.5, 0.6) is 0 Å². The third-order valence-corrected chi connectivity index (χ3v) is 9.84. The standard InChI is InChI=1S/C12H6Cl5I/c13-7-1-3-11(9(15)5-7)18(17)12-4-2-8(14)6-10(12)16/h1-6H. The molecule has 0 aliphatic rings. The van der Waals surface area contributed by atoms with Crippen LogP contribution in [0.2, 0.25) is 20.1 Å². The van der Waals surface area contributed by atoms with Gasteiger partial charge in [0.25, 0.3) is 0 Å². The molecule has 0 aliphatic heterocycles. The molecule has 2 rings (SSSR count). The summed E-state index contributed by atoms with van der Waals surface area (Å²) in [5.41, 5.74) is 0. The fraction of sp³-hybridized carbons (Fsp3) is 0. The molecule has 0 unspecified atom stereocenters. The van der Waals surface area contributed by atoms with E-state index in [-0.39, 0.29) is 0 Å². The molecule has 0 radical (unpaired) electrons. The second-order valence-corrected chi connectivity index (χ2v) is 10.6. The van der Waals surface area contributed by atoms with Gasteiger partial charge >= 0.3 is 138 Å². The summed E-state index contributed by atoms with van der Waals surface area (Å²) in [7, 11) is 6.55. The van der Waals surface area contributed by atoms with Crippen molar-refractivity contribution in [3.8, 4) is 0 Å². The number of rotatable bonds is 2. The molecule has 0 fully saturated rings. The summed E-state index contributed by atoms with van der Waals surface area (Å²) < 4.78 is 1.83. The molecular weight excluding hydrogens is 448 g/mol. The molecule has 0 nitrogen and oxygen atoms in total. The van der Waals surface area contributed by atoms with Crippen LogP contribution in [0.1, 0.15) is 0 Å². The van der Waals surface area contributed by atoms with Gasteiger partial charge in [0.2, 0.25) is 0 Å². The van der Waals surface area contributed by atoms with Gasteiger partial charge in [0.05, 0.1) is 0 Å². The quantitative estimate of drug-likeness (QED) is 0.339. The van der Waals surface area contributed by atoms with Gasteiger partial charge in [-0.05, 0) is 0 Å². The Kier molecular flexibility index (Phi) is 5.32. The van der Waals surface area contributed by atoms with Crippen LogP contribution in [0, 0.1) is 7.14 Å². The molecule has 0 aromatic heterocycles. The number of benzene rings is 2. The van der Waals surface area contributed by atoms with Crippen molar-refractivity contribution in [3.05, 3.63) is 63.6 Å².